The molecule has 0 aliphatic rings. The third-order valence-corrected chi connectivity index (χ3v) is 4.18. The van der Waals surface area contributed by atoms with Gasteiger partial charge in [0.05, 0.1) is 0 Å². The number of carbonyl (C=O) groups excluding carboxylic acids is 2. The molecule has 1 heterocycles. The number of hydrogen-bond acceptors (Lipinski definition) is 4. The lowest BCUT2D eigenvalue weighted by Gasteiger charge is -2.25. The zero-order valence-electron chi connectivity index (χ0n) is 15.1. The summed E-state index contributed by atoms with van der Waals surface area (Å²) in [5, 5.41) is 9.03. The molecule has 6 nitrogen and oxygen atoms in total. The number of nitrogens with one attached hydrogen (secondary N) is 2. The molecule has 2 N–H and O–H groups in total. The van der Waals surface area contributed by atoms with Crippen LogP contribution in [0.3, 0.4) is 0 Å². The van der Waals surface area contributed by atoms with Gasteiger partial charge in [0, 0.05) is 12.5 Å². The number of hydrogen-bond donors (Lipinski definition) is 2. The highest BCUT2D eigenvalue weighted by Gasteiger charge is 2.23. The lowest BCUT2D eigenvalue weighted by molar-refractivity contribution is -0.126. The van der Waals surface area contributed by atoms with Gasteiger partial charge in [-0.25, -0.2) is 0 Å². The molecule has 0 radical (unpaired) electrons. The summed E-state index contributed by atoms with van der Waals surface area (Å²) >= 11 is 0. The Morgan fingerprint density at radius 1 is 1.24 bits per heavy atom. The molecule has 6 heteroatoms. The summed E-state index contributed by atoms with van der Waals surface area (Å²) in [5.74, 6) is 0.468. The molecule has 0 fully saturated rings. The first-order valence-electron chi connectivity index (χ1n) is 8.37. The van der Waals surface area contributed by atoms with E-state index in [1.807, 2.05) is 18.2 Å². The number of carbonyl (C=O) groups is 2. The van der Waals surface area contributed by atoms with Gasteiger partial charge in [-0.3, -0.25) is 9.59 Å². The summed E-state index contributed by atoms with van der Waals surface area (Å²) in [6.07, 6.45) is 1.04. The molecule has 25 heavy (non-hydrogen) atoms. The van der Waals surface area contributed by atoms with Crippen LogP contribution in [0.5, 0.6) is 0 Å². The number of benzene rings is 1. The third kappa shape index (κ3) is 5.45. The van der Waals surface area contributed by atoms with Crippen LogP contribution in [-0.4, -0.2) is 23.0 Å². The predicted octanol–water partition coefficient (Wildman–Crippen LogP) is 3.18. The third-order valence-electron chi connectivity index (χ3n) is 4.18. The first kappa shape index (κ1) is 18.7. The van der Waals surface area contributed by atoms with Crippen molar-refractivity contribution in [3.63, 3.8) is 0 Å². The number of rotatable bonds is 7. The minimum Gasteiger partial charge on any atom is -0.360 e. The average Bonchev–Trinajstić information content (AvgIpc) is 2.98. The molecule has 2 amide bonds. The first-order valence-corrected chi connectivity index (χ1v) is 8.37. The highest BCUT2D eigenvalue weighted by atomic mass is 16.5. The van der Waals surface area contributed by atoms with Crippen molar-refractivity contribution < 1.29 is 14.1 Å². The number of amides is 2. The summed E-state index contributed by atoms with van der Waals surface area (Å²) < 4.78 is 4.89. The quantitative estimate of drug-likeness (QED) is 0.808. The fourth-order valence-corrected chi connectivity index (χ4v) is 2.50. The van der Waals surface area contributed by atoms with Gasteiger partial charge in [-0.1, -0.05) is 49.3 Å². The van der Waals surface area contributed by atoms with Crippen molar-refractivity contribution >= 4 is 17.6 Å². The Bertz CT molecular complexity index is 723. The number of nitrogens with zero attached hydrogens (tertiary/aromatic N) is 1. The maximum atomic E-state index is 12.2. The molecule has 1 aromatic heterocycles. The molecule has 0 bridgehead atoms. The topological polar surface area (TPSA) is 84.2 Å². The van der Waals surface area contributed by atoms with Crippen LogP contribution in [0.2, 0.25) is 0 Å². The molecule has 1 aromatic carbocycles. The number of aryl methyl sites for hydroxylation is 1. The van der Waals surface area contributed by atoms with E-state index in [1.54, 1.807) is 19.9 Å². The van der Waals surface area contributed by atoms with Crippen LogP contribution in [0.4, 0.5) is 5.82 Å². The summed E-state index contributed by atoms with van der Waals surface area (Å²) in [5.41, 5.74) is 1.08. The normalized spacial score (nSPS) is 12.5. The van der Waals surface area contributed by atoms with Crippen molar-refractivity contribution in [1.82, 2.24) is 10.5 Å². The lowest BCUT2D eigenvalue weighted by atomic mass is 9.80. The smallest absolute Gasteiger partial charge is 0.247 e. The largest absolute Gasteiger partial charge is 0.360 e. The Balaban J connectivity index is 1.82. The van der Waals surface area contributed by atoms with Gasteiger partial charge in [0.1, 0.15) is 11.8 Å². The highest BCUT2D eigenvalue weighted by Crippen LogP contribution is 2.27. The monoisotopic (exact) mass is 343 g/mol. The number of anilines is 1. The van der Waals surface area contributed by atoms with Crippen molar-refractivity contribution in [3.05, 3.63) is 47.7 Å². The van der Waals surface area contributed by atoms with E-state index in [-0.39, 0.29) is 17.2 Å². The molecule has 0 aliphatic heterocycles. The van der Waals surface area contributed by atoms with Crippen molar-refractivity contribution in [3.8, 4) is 0 Å². The maximum Gasteiger partial charge on any atom is 0.247 e. The summed E-state index contributed by atoms with van der Waals surface area (Å²) in [7, 11) is 0. The van der Waals surface area contributed by atoms with Gasteiger partial charge in [-0.2, -0.15) is 0 Å². The molecule has 2 aromatic rings. The van der Waals surface area contributed by atoms with Crippen molar-refractivity contribution in [2.45, 2.75) is 52.0 Å². The van der Waals surface area contributed by atoms with E-state index in [0.717, 1.165) is 0 Å². The molecule has 2 rings (SSSR count). The Labute approximate surface area is 148 Å². The fraction of sp³-hybridized carbons (Fsp3) is 0.421. The second-order valence-electron chi connectivity index (χ2n) is 6.85. The Kier molecular flexibility index (Phi) is 5.96. The van der Waals surface area contributed by atoms with E-state index in [4.69, 9.17) is 4.52 Å². The van der Waals surface area contributed by atoms with Gasteiger partial charge in [0.15, 0.2) is 5.82 Å². The van der Waals surface area contributed by atoms with Crippen molar-refractivity contribution in [2.24, 2.45) is 0 Å². The van der Waals surface area contributed by atoms with E-state index in [1.165, 1.54) is 5.56 Å². The van der Waals surface area contributed by atoms with Crippen LogP contribution in [0.15, 0.2) is 40.9 Å². The van der Waals surface area contributed by atoms with Crippen LogP contribution in [-0.2, 0) is 15.0 Å². The van der Waals surface area contributed by atoms with Gasteiger partial charge >= 0.3 is 0 Å². The number of aromatic nitrogens is 1. The SMILES string of the molecule is Cc1cc(NC(=O)[C@H](C)NC(=O)CCC(C)(C)c2ccccc2)no1. The second kappa shape index (κ2) is 7.96. The summed E-state index contributed by atoms with van der Waals surface area (Å²) in [4.78, 5) is 24.2. The van der Waals surface area contributed by atoms with Crippen LogP contribution < -0.4 is 10.6 Å². The van der Waals surface area contributed by atoms with Crippen molar-refractivity contribution in [2.75, 3.05) is 5.32 Å². The molecule has 0 aliphatic carbocycles. The van der Waals surface area contributed by atoms with E-state index >= 15 is 0 Å². The molecular formula is C19H25N3O3. The zero-order valence-corrected chi connectivity index (χ0v) is 15.1. The molecule has 0 saturated heterocycles. The maximum absolute atomic E-state index is 12.2. The van der Waals surface area contributed by atoms with Gasteiger partial charge in [0.25, 0.3) is 0 Å². The molecule has 0 spiro atoms. The minimum atomic E-state index is -0.649. The predicted molar refractivity (Wildman–Crippen MR) is 96.2 cm³/mol. The highest BCUT2D eigenvalue weighted by molar-refractivity contribution is 5.96. The van der Waals surface area contributed by atoms with Gasteiger partial charge in [-0.15, -0.1) is 0 Å². The van der Waals surface area contributed by atoms with Crippen LogP contribution in [0.25, 0.3) is 0 Å². The van der Waals surface area contributed by atoms with E-state index in [9.17, 15) is 9.59 Å². The average molecular weight is 343 g/mol. The van der Waals surface area contributed by atoms with E-state index in [2.05, 4.69) is 41.8 Å². The van der Waals surface area contributed by atoms with Gasteiger partial charge in [0.2, 0.25) is 11.8 Å². The molecule has 0 saturated carbocycles. The lowest BCUT2D eigenvalue weighted by Crippen LogP contribution is -2.42. The van der Waals surface area contributed by atoms with Gasteiger partial charge < -0.3 is 15.2 Å². The zero-order chi connectivity index (χ0) is 18.4. The van der Waals surface area contributed by atoms with Gasteiger partial charge in [-0.05, 0) is 31.2 Å². The standard InChI is InChI=1S/C19H25N3O3/c1-13-12-16(22-25-13)21-18(24)14(2)20-17(23)10-11-19(3,4)15-8-6-5-7-9-15/h5-9,12,14H,10-11H2,1-4H3,(H,20,23)(H,21,22,24)/t14-/m0/s1. The van der Waals surface area contributed by atoms with Crippen LogP contribution >= 0.6 is 0 Å². The Morgan fingerprint density at radius 3 is 2.52 bits per heavy atom. The van der Waals surface area contributed by atoms with Crippen molar-refractivity contribution in [1.29, 1.82) is 0 Å². The van der Waals surface area contributed by atoms with E-state index < -0.39 is 6.04 Å². The molecule has 0 unspecified atom stereocenters. The molecule has 134 valence electrons. The Hall–Kier alpha value is -2.63. The summed E-state index contributed by atoms with van der Waals surface area (Å²) in [6, 6.07) is 11.1. The first-order chi connectivity index (χ1) is 11.8. The minimum absolute atomic E-state index is 0.109. The van der Waals surface area contributed by atoms with E-state index in [0.29, 0.717) is 24.4 Å². The molecule has 1 atom stereocenters. The summed E-state index contributed by atoms with van der Waals surface area (Å²) in [6.45, 7) is 7.60. The Morgan fingerprint density at radius 2 is 1.92 bits per heavy atom. The van der Waals surface area contributed by atoms with Crippen LogP contribution in [0.1, 0.15) is 44.9 Å². The van der Waals surface area contributed by atoms with Crippen LogP contribution in [0, 0.1) is 6.92 Å². The fourth-order valence-electron chi connectivity index (χ4n) is 2.50. The second-order valence-corrected chi connectivity index (χ2v) is 6.85. The molecular weight excluding hydrogens is 318 g/mol.